The predicted octanol–water partition coefficient (Wildman–Crippen LogP) is -0.128. The van der Waals surface area contributed by atoms with E-state index >= 15 is 0 Å². The summed E-state index contributed by atoms with van der Waals surface area (Å²) in [5.41, 5.74) is 1.70. The minimum absolute atomic E-state index is 0.174. The smallest absolute Gasteiger partial charge is 0.270 e. The van der Waals surface area contributed by atoms with E-state index < -0.39 is 5.60 Å². The fourth-order valence-electron chi connectivity index (χ4n) is 1.61. The molecule has 0 fully saturated rings. The standard InChI is InChI=1S/C11H19N3O3/c1-4-14(7-11(2,3)17)10(16)8-5-6-9(15)13-12-8/h17H,4-7H2,1-3H3,(H,13,15). The van der Waals surface area contributed by atoms with Gasteiger partial charge in [0.15, 0.2) is 0 Å². The summed E-state index contributed by atoms with van der Waals surface area (Å²) >= 11 is 0. The van der Waals surface area contributed by atoms with Crippen LogP contribution in [0.15, 0.2) is 5.10 Å². The molecule has 0 aromatic carbocycles. The fourth-order valence-corrected chi connectivity index (χ4v) is 1.61. The first kappa shape index (κ1) is 13.6. The van der Waals surface area contributed by atoms with Crippen LogP contribution in [0.3, 0.4) is 0 Å². The van der Waals surface area contributed by atoms with Crippen molar-refractivity contribution < 1.29 is 14.7 Å². The van der Waals surface area contributed by atoms with Gasteiger partial charge >= 0.3 is 0 Å². The Morgan fingerprint density at radius 1 is 1.53 bits per heavy atom. The predicted molar refractivity (Wildman–Crippen MR) is 63.4 cm³/mol. The van der Waals surface area contributed by atoms with Crippen LogP contribution in [0.1, 0.15) is 33.6 Å². The monoisotopic (exact) mass is 241 g/mol. The average Bonchev–Trinajstić information content (AvgIpc) is 2.25. The average molecular weight is 241 g/mol. The second-order valence-corrected chi connectivity index (χ2v) is 4.73. The van der Waals surface area contributed by atoms with Gasteiger partial charge in [-0.2, -0.15) is 5.10 Å². The van der Waals surface area contributed by atoms with Crippen LogP contribution >= 0.6 is 0 Å². The van der Waals surface area contributed by atoms with Crippen molar-refractivity contribution in [1.29, 1.82) is 0 Å². The van der Waals surface area contributed by atoms with Crippen LogP contribution in [0.2, 0.25) is 0 Å². The minimum Gasteiger partial charge on any atom is -0.389 e. The normalized spacial score (nSPS) is 16.2. The van der Waals surface area contributed by atoms with Crippen molar-refractivity contribution in [3.8, 4) is 0 Å². The lowest BCUT2D eigenvalue weighted by molar-refractivity contribution is -0.127. The first-order valence-corrected chi connectivity index (χ1v) is 5.70. The van der Waals surface area contributed by atoms with E-state index in [1.54, 1.807) is 13.8 Å². The molecule has 96 valence electrons. The van der Waals surface area contributed by atoms with Gasteiger partial charge in [0.05, 0.1) is 5.60 Å². The highest BCUT2D eigenvalue weighted by atomic mass is 16.3. The fraction of sp³-hybridized carbons (Fsp3) is 0.727. The Bertz CT molecular complexity index is 344. The molecule has 1 rings (SSSR count). The lowest BCUT2D eigenvalue weighted by atomic mass is 10.1. The first-order chi connectivity index (χ1) is 7.83. The number of carbonyl (C=O) groups excluding carboxylic acids is 2. The van der Waals surface area contributed by atoms with Crippen molar-refractivity contribution in [3.05, 3.63) is 0 Å². The van der Waals surface area contributed by atoms with E-state index in [4.69, 9.17) is 0 Å². The van der Waals surface area contributed by atoms with Gasteiger partial charge in [0, 0.05) is 25.9 Å². The molecule has 0 spiro atoms. The van der Waals surface area contributed by atoms with Crippen molar-refractivity contribution in [2.24, 2.45) is 5.10 Å². The van der Waals surface area contributed by atoms with Gasteiger partial charge in [-0.15, -0.1) is 0 Å². The molecule has 2 N–H and O–H groups in total. The summed E-state index contributed by atoms with van der Waals surface area (Å²) in [7, 11) is 0. The third-order valence-electron chi connectivity index (χ3n) is 2.40. The molecule has 1 aliphatic heterocycles. The third kappa shape index (κ3) is 4.14. The van der Waals surface area contributed by atoms with E-state index in [-0.39, 0.29) is 24.8 Å². The van der Waals surface area contributed by atoms with Crippen molar-refractivity contribution in [2.75, 3.05) is 13.1 Å². The van der Waals surface area contributed by atoms with Gasteiger partial charge < -0.3 is 10.0 Å². The summed E-state index contributed by atoms with van der Waals surface area (Å²) in [6.45, 7) is 5.87. The largest absolute Gasteiger partial charge is 0.389 e. The van der Waals surface area contributed by atoms with Gasteiger partial charge in [-0.1, -0.05) is 0 Å². The second kappa shape index (κ2) is 5.27. The van der Waals surface area contributed by atoms with Crippen LogP contribution in [0.25, 0.3) is 0 Å². The summed E-state index contributed by atoms with van der Waals surface area (Å²) in [6, 6.07) is 0. The van der Waals surface area contributed by atoms with Crippen molar-refractivity contribution in [3.63, 3.8) is 0 Å². The topological polar surface area (TPSA) is 82.0 Å². The summed E-state index contributed by atoms with van der Waals surface area (Å²) in [4.78, 5) is 24.5. The Kier molecular flexibility index (Phi) is 4.22. The van der Waals surface area contributed by atoms with E-state index in [0.717, 1.165) is 0 Å². The molecule has 0 radical (unpaired) electrons. The number of rotatable bonds is 4. The molecule has 0 aromatic rings. The molecule has 6 heteroatoms. The highest BCUT2D eigenvalue weighted by Gasteiger charge is 2.26. The van der Waals surface area contributed by atoms with E-state index in [1.165, 1.54) is 4.90 Å². The Morgan fingerprint density at radius 3 is 2.59 bits per heavy atom. The van der Waals surface area contributed by atoms with E-state index in [9.17, 15) is 14.7 Å². The molecule has 0 unspecified atom stereocenters. The molecular formula is C11H19N3O3. The van der Waals surface area contributed by atoms with Crippen molar-refractivity contribution >= 4 is 17.5 Å². The lowest BCUT2D eigenvalue weighted by Crippen LogP contribution is -2.46. The van der Waals surface area contributed by atoms with E-state index in [0.29, 0.717) is 18.7 Å². The molecular weight excluding hydrogens is 222 g/mol. The quantitative estimate of drug-likeness (QED) is 0.719. The van der Waals surface area contributed by atoms with Gasteiger partial charge in [0.2, 0.25) is 5.91 Å². The van der Waals surface area contributed by atoms with E-state index in [2.05, 4.69) is 10.5 Å². The number of hydrogen-bond donors (Lipinski definition) is 2. The van der Waals surface area contributed by atoms with Crippen LogP contribution < -0.4 is 5.43 Å². The maximum atomic E-state index is 12.0. The lowest BCUT2D eigenvalue weighted by Gasteiger charge is -2.28. The Morgan fingerprint density at radius 2 is 2.18 bits per heavy atom. The number of nitrogens with one attached hydrogen (secondary N) is 1. The number of hydrazone groups is 1. The number of hydrogen-bond acceptors (Lipinski definition) is 4. The minimum atomic E-state index is -0.940. The Labute approximate surface area is 101 Å². The van der Waals surface area contributed by atoms with Gasteiger partial charge in [-0.25, -0.2) is 5.43 Å². The molecule has 0 saturated carbocycles. The molecule has 2 amide bonds. The number of likely N-dealkylation sites (N-methyl/N-ethyl adjacent to an activating group) is 1. The molecule has 17 heavy (non-hydrogen) atoms. The first-order valence-electron chi connectivity index (χ1n) is 5.70. The zero-order valence-electron chi connectivity index (χ0n) is 10.5. The molecule has 1 heterocycles. The number of aliphatic hydroxyl groups is 1. The third-order valence-corrected chi connectivity index (χ3v) is 2.40. The maximum Gasteiger partial charge on any atom is 0.270 e. The Hall–Kier alpha value is -1.43. The van der Waals surface area contributed by atoms with Crippen LogP contribution in [0.4, 0.5) is 0 Å². The molecule has 0 atom stereocenters. The highest BCUT2D eigenvalue weighted by Crippen LogP contribution is 2.08. The van der Waals surface area contributed by atoms with Crippen LogP contribution in [0, 0.1) is 0 Å². The molecule has 0 bridgehead atoms. The SMILES string of the molecule is CCN(CC(C)(C)O)C(=O)C1=NNC(=O)CC1. The van der Waals surface area contributed by atoms with Gasteiger partial charge in [0.25, 0.3) is 5.91 Å². The molecule has 0 saturated heterocycles. The van der Waals surface area contributed by atoms with Crippen LogP contribution in [0.5, 0.6) is 0 Å². The van der Waals surface area contributed by atoms with E-state index in [1.807, 2.05) is 6.92 Å². The van der Waals surface area contributed by atoms with Crippen molar-refractivity contribution in [1.82, 2.24) is 10.3 Å². The molecule has 6 nitrogen and oxygen atoms in total. The van der Waals surface area contributed by atoms with Gasteiger partial charge in [0.1, 0.15) is 5.71 Å². The van der Waals surface area contributed by atoms with Crippen molar-refractivity contribution in [2.45, 2.75) is 39.2 Å². The highest BCUT2D eigenvalue weighted by molar-refractivity contribution is 6.39. The summed E-state index contributed by atoms with van der Waals surface area (Å²) < 4.78 is 0. The zero-order valence-corrected chi connectivity index (χ0v) is 10.5. The zero-order chi connectivity index (χ0) is 13.1. The van der Waals surface area contributed by atoms with Gasteiger partial charge in [-0.05, 0) is 20.8 Å². The number of carbonyl (C=O) groups is 2. The summed E-state index contributed by atoms with van der Waals surface area (Å²) in [5.74, 6) is -0.401. The van der Waals surface area contributed by atoms with Crippen LogP contribution in [-0.2, 0) is 9.59 Å². The van der Waals surface area contributed by atoms with Crippen LogP contribution in [-0.4, -0.2) is 46.2 Å². The number of amides is 2. The Balaban J connectivity index is 2.70. The molecule has 0 aromatic heterocycles. The molecule has 1 aliphatic rings. The van der Waals surface area contributed by atoms with Gasteiger partial charge in [-0.3, -0.25) is 9.59 Å². The molecule has 0 aliphatic carbocycles. The maximum absolute atomic E-state index is 12.0. The second-order valence-electron chi connectivity index (χ2n) is 4.73. The number of nitrogens with zero attached hydrogens (tertiary/aromatic N) is 2. The summed E-state index contributed by atoms with van der Waals surface area (Å²) in [6.07, 6.45) is 0.637. The summed E-state index contributed by atoms with van der Waals surface area (Å²) in [5, 5.41) is 13.5.